The van der Waals surface area contributed by atoms with Crippen LogP contribution in [-0.2, 0) is 28.5 Å². The molecule has 0 saturated carbocycles. The minimum absolute atomic E-state index is 0.0437. The Balaban J connectivity index is 0.000000224. The van der Waals surface area contributed by atoms with Gasteiger partial charge in [0.25, 0.3) is 0 Å². The third-order valence-corrected chi connectivity index (χ3v) is 3.41. The molecule has 0 unspecified atom stereocenters. The molecule has 2 rings (SSSR count). The molecule has 7 nitrogen and oxygen atoms in total. The summed E-state index contributed by atoms with van der Waals surface area (Å²) in [5, 5.41) is 0. The van der Waals surface area contributed by atoms with E-state index in [1.165, 1.54) is 7.11 Å². The third kappa shape index (κ3) is 7.61. The highest BCUT2D eigenvalue weighted by atomic mass is 16.7. The first-order chi connectivity index (χ1) is 10.7. The van der Waals surface area contributed by atoms with E-state index in [-0.39, 0.29) is 24.6 Å². The Morgan fingerprint density at radius 3 is 2.09 bits per heavy atom. The van der Waals surface area contributed by atoms with Crippen LogP contribution in [0.2, 0.25) is 0 Å². The van der Waals surface area contributed by atoms with E-state index in [0.717, 1.165) is 25.7 Å². The molecular formula is C15H25O7. The highest BCUT2D eigenvalue weighted by molar-refractivity contribution is 5.72. The first kappa shape index (κ1) is 18.7. The summed E-state index contributed by atoms with van der Waals surface area (Å²) < 4.78 is 24.3. The lowest BCUT2D eigenvalue weighted by Crippen LogP contribution is -2.26. The van der Waals surface area contributed by atoms with E-state index in [0.29, 0.717) is 26.4 Å². The molecule has 0 aromatic rings. The van der Waals surface area contributed by atoms with Crippen molar-refractivity contribution in [1.29, 1.82) is 0 Å². The van der Waals surface area contributed by atoms with Crippen LogP contribution >= 0.6 is 0 Å². The molecule has 2 fully saturated rings. The molecule has 7 heteroatoms. The number of rotatable bonds is 3. The Morgan fingerprint density at radius 1 is 1.05 bits per heavy atom. The fraction of sp³-hybridized carbons (Fsp3) is 0.800. The van der Waals surface area contributed by atoms with Gasteiger partial charge in [0, 0.05) is 26.1 Å². The lowest BCUT2D eigenvalue weighted by Gasteiger charge is -2.21. The van der Waals surface area contributed by atoms with Crippen molar-refractivity contribution >= 4 is 12.1 Å². The minimum Gasteiger partial charge on any atom is -0.469 e. The summed E-state index contributed by atoms with van der Waals surface area (Å²) in [6.07, 6.45) is 2.47. The molecule has 2 aliphatic heterocycles. The average Bonchev–Trinajstić information content (AvgIpc) is 2.56. The summed E-state index contributed by atoms with van der Waals surface area (Å²) in [5.74, 6) is -0.0120. The summed E-state index contributed by atoms with van der Waals surface area (Å²) in [6.45, 7) is 6.18. The lowest BCUT2D eigenvalue weighted by atomic mass is 10.0. The van der Waals surface area contributed by atoms with E-state index in [1.54, 1.807) is 0 Å². The van der Waals surface area contributed by atoms with Gasteiger partial charge in [0.2, 0.25) is 0 Å². The van der Waals surface area contributed by atoms with E-state index in [1.807, 2.05) is 0 Å². The van der Waals surface area contributed by atoms with Crippen LogP contribution in [0.1, 0.15) is 25.7 Å². The zero-order valence-corrected chi connectivity index (χ0v) is 13.1. The molecule has 0 atom stereocenters. The van der Waals surface area contributed by atoms with E-state index in [4.69, 9.17) is 14.2 Å². The molecule has 0 bridgehead atoms. The monoisotopic (exact) mass is 317 g/mol. The van der Waals surface area contributed by atoms with Crippen LogP contribution in [0.3, 0.4) is 0 Å². The van der Waals surface area contributed by atoms with Crippen molar-refractivity contribution in [3.8, 4) is 0 Å². The number of carbonyl (C=O) groups is 2. The van der Waals surface area contributed by atoms with Crippen LogP contribution in [0, 0.1) is 12.8 Å². The predicted molar refractivity (Wildman–Crippen MR) is 77.2 cm³/mol. The van der Waals surface area contributed by atoms with Gasteiger partial charge in [-0.2, -0.15) is 0 Å². The maximum atomic E-state index is 10.9. The molecule has 127 valence electrons. The Kier molecular flexibility index (Phi) is 9.57. The predicted octanol–water partition coefficient (Wildman–Crippen LogP) is 1.74. The summed E-state index contributed by atoms with van der Waals surface area (Å²) in [5.41, 5.74) is 0. The number of esters is 1. The maximum Gasteiger partial charge on any atom is 0.508 e. The van der Waals surface area contributed by atoms with Crippen LogP contribution in [0.5, 0.6) is 0 Å². The van der Waals surface area contributed by atoms with Crippen LogP contribution in [0.4, 0.5) is 4.79 Å². The molecule has 0 aliphatic carbocycles. The largest absolute Gasteiger partial charge is 0.508 e. The maximum absolute atomic E-state index is 10.9. The van der Waals surface area contributed by atoms with Crippen molar-refractivity contribution in [2.24, 2.45) is 5.92 Å². The van der Waals surface area contributed by atoms with Gasteiger partial charge in [-0.3, -0.25) is 4.79 Å². The van der Waals surface area contributed by atoms with Crippen molar-refractivity contribution in [1.82, 2.24) is 0 Å². The van der Waals surface area contributed by atoms with Gasteiger partial charge in [-0.05, 0) is 19.8 Å². The van der Waals surface area contributed by atoms with Gasteiger partial charge in [0.15, 0.2) is 0 Å². The quantitative estimate of drug-likeness (QED) is 0.733. The highest BCUT2D eigenvalue weighted by Gasteiger charge is 2.21. The molecule has 0 aromatic carbocycles. The number of methoxy groups -OCH3 is 1. The molecule has 0 spiro atoms. The Morgan fingerprint density at radius 2 is 1.59 bits per heavy atom. The zero-order chi connectivity index (χ0) is 16.2. The van der Waals surface area contributed by atoms with Crippen LogP contribution < -0.4 is 0 Å². The number of hydrogen-bond acceptors (Lipinski definition) is 7. The standard InChI is InChI=1S/C8H13O4.C7H12O3/c1-2-11-8(9)12-7-3-5-10-6-4-7;1-9-7(8)6-2-4-10-5-3-6/h7H,1-6H2;6H,2-5H2,1H3. The first-order valence-electron chi connectivity index (χ1n) is 7.53. The molecule has 2 saturated heterocycles. The van der Waals surface area contributed by atoms with E-state index in [2.05, 4.69) is 16.4 Å². The Labute approximate surface area is 131 Å². The van der Waals surface area contributed by atoms with Gasteiger partial charge in [0.1, 0.15) is 6.10 Å². The molecule has 2 aliphatic rings. The van der Waals surface area contributed by atoms with Gasteiger partial charge in [-0.1, -0.05) is 0 Å². The van der Waals surface area contributed by atoms with E-state index in [9.17, 15) is 9.59 Å². The minimum atomic E-state index is -0.628. The smallest absolute Gasteiger partial charge is 0.469 e. The van der Waals surface area contributed by atoms with E-state index >= 15 is 0 Å². The van der Waals surface area contributed by atoms with Gasteiger partial charge >= 0.3 is 12.1 Å². The van der Waals surface area contributed by atoms with E-state index < -0.39 is 6.16 Å². The van der Waals surface area contributed by atoms with Gasteiger partial charge in [-0.25, -0.2) is 4.79 Å². The van der Waals surface area contributed by atoms with Crippen molar-refractivity contribution in [2.75, 3.05) is 40.1 Å². The van der Waals surface area contributed by atoms with Crippen molar-refractivity contribution < 1.29 is 33.3 Å². The van der Waals surface area contributed by atoms with Crippen molar-refractivity contribution in [3.63, 3.8) is 0 Å². The van der Waals surface area contributed by atoms with Crippen molar-refractivity contribution in [3.05, 3.63) is 6.92 Å². The Bertz CT molecular complexity index is 320. The van der Waals surface area contributed by atoms with Crippen LogP contribution in [0.15, 0.2) is 0 Å². The van der Waals surface area contributed by atoms with Crippen LogP contribution in [-0.4, -0.2) is 58.4 Å². The molecule has 1 radical (unpaired) electrons. The molecule has 22 heavy (non-hydrogen) atoms. The SMILES string of the molecule is COC(=O)C1CCOCC1.[CH2]COC(=O)OC1CCOCC1. The first-order valence-corrected chi connectivity index (χ1v) is 7.53. The fourth-order valence-corrected chi connectivity index (χ4v) is 2.15. The number of carbonyl (C=O) groups excluding carboxylic acids is 2. The van der Waals surface area contributed by atoms with Crippen LogP contribution in [0.25, 0.3) is 0 Å². The summed E-state index contributed by atoms with van der Waals surface area (Å²) in [4.78, 5) is 21.7. The highest BCUT2D eigenvalue weighted by Crippen LogP contribution is 2.15. The topological polar surface area (TPSA) is 80.3 Å². The molecule has 2 heterocycles. The van der Waals surface area contributed by atoms with Gasteiger partial charge in [-0.15, -0.1) is 0 Å². The molecule has 0 aromatic heterocycles. The summed E-state index contributed by atoms with van der Waals surface area (Å²) in [6, 6.07) is 0. The second kappa shape index (κ2) is 11.3. The molecule has 0 N–H and O–H groups in total. The third-order valence-electron chi connectivity index (χ3n) is 3.41. The number of ether oxygens (including phenoxy) is 5. The fourth-order valence-electron chi connectivity index (χ4n) is 2.15. The second-order valence-corrected chi connectivity index (χ2v) is 4.94. The second-order valence-electron chi connectivity index (χ2n) is 4.94. The van der Waals surface area contributed by atoms with Gasteiger partial charge in [0.05, 0.1) is 32.8 Å². The normalized spacial score (nSPS) is 19.5. The number of hydrogen-bond donors (Lipinski definition) is 0. The molecular weight excluding hydrogens is 292 g/mol. The average molecular weight is 317 g/mol. The summed E-state index contributed by atoms with van der Waals surface area (Å²) in [7, 11) is 1.43. The lowest BCUT2D eigenvalue weighted by molar-refractivity contribution is -0.148. The summed E-state index contributed by atoms with van der Waals surface area (Å²) >= 11 is 0. The molecule has 0 amide bonds. The Hall–Kier alpha value is -1.34. The zero-order valence-electron chi connectivity index (χ0n) is 13.1. The van der Waals surface area contributed by atoms with Crippen molar-refractivity contribution in [2.45, 2.75) is 31.8 Å². The van der Waals surface area contributed by atoms with Gasteiger partial charge < -0.3 is 23.7 Å².